The molecule has 1 aliphatic heterocycles. The van der Waals surface area contributed by atoms with Crippen LogP contribution in [0.2, 0.25) is 0 Å². The van der Waals surface area contributed by atoms with E-state index in [0.29, 0.717) is 24.2 Å². The molecule has 0 radical (unpaired) electrons. The topological polar surface area (TPSA) is 43.4 Å². The number of hydrogen-bond acceptors (Lipinski definition) is 3. The largest absolute Gasteiger partial charge is 0.492 e. The highest BCUT2D eigenvalue weighted by Gasteiger charge is 2.33. The Labute approximate surface area is 137 Å². The number of Topliss-reactive ketones (excluding diaryl/α,β-unsaturated/α-hetero) is 1. The Morgan fingerprint density at radius 1 is 1.35 bits per heavy atom. The zero-order valence-electron chi connectivity index (χ0n) is 14.4. The number of hydrogen-bond donors (Lipinski definition) is 0. The third-order valence-electron chi connectivity index (χ3n) is 5.39. The summed E-state index contributed by atoms with van der Waals surface area (Å²) in [5.41, 5.74) is 5.66. The molecule has 1 aliphatic carbocycles. The van der Waals surface area contributed by atoms with E-state index in [0.717, 1.165) is 12.0 Å². The fourth-order valence-corrected chi connectivity index (χ4v) is 4.04. The van der Waals surface area contributed by atoms with E-state index in [-0.39, 0.29) is 11.3 Å². The quantitative estimate of drug-likeness (QED) is 0.630. The predicted molar refractivity (Wildman–Crippen MR) is 90.3 cm³/mol. The molecule has 0 bridgehead atoms. The lowest BCUT2D eigenvalue weighted by molar-refractivity contribution is -0.127. The van der Waals surface area contributed by atoms with Crippen molar-refractivity contribution in [3.8, 4) is 0 Å². The second-order valence-corrected chi connectivity index (χ2v) is 7.44. The van der Waals surface area contributed by atoms with Crippen LogP contribution in [0.15, 0.2) is 17.7 Å². The van der Waals surface area contributed by atoms with Crippen LogP contribution in [0.3, 0.4) is 0 Å². The molecule has 0 N–H and O–H groups in total. The fraction of sp³-hybridized carbons (Fsp3) is 0.500. The van der Waals surface area contributed by atoms with Gasteiger partial charge >= 0.3 is 0 Å². The van der Waals surface area contributed by atoms with Crippen molar-refractivity contribution in [1.82, 2.24) is 0 Å². The van der Waals surface area contributed by atoms with E-state index in [2.05, 4.69) is 32.9 Å². The molecule has 3 rings (SSSR count). The van der Waals surface area contributed by atoms with Gasteiger partial charge in [-0.3, -0.25) is 9.59 Å². The summed E-state index contributed by atoms with van der Waals surface area (Å²) in [4.78, 5) is 23.0. The monoisotopic (exact) mass is 312 g/mol. The second kappa shape index (κ2) is 5.63. The number of carbonyl (C=O) groups is 2. The van der Waals surface area contributed by atoms with E-state index in [1.54, 1.807) is 0 Å². The summed E-state index contributed by atoms with van der Waals surface area (Å²) in [5, 5.41) is 0. The summed E-state index contributed by atoms with van der Waals surface area (Å²) >= 11 is 0. The van der Waals surface area contributed by atoms with E-state index in [9.17, 15) is 9.59 Å². The lowest BCUT2D eigenvalue weighted by atomic mass is 9.71. The Morgan fingerprint density at radius 3 is 2.78 bits per heavy atom. The molecule has 1 aromatic carbocycles. The number of ether oxygens (including phenoxy) is 1. The van der Waals surface area contributed by atoms with Crippen LogP contribution in [0.1, 0.15) is 55.9 Å². The molecule has 0 spiro atoms. The van der Waals surface area contributed by atoms with Gasteiger partial charge in [0, 0.05) is 11.5 Å². The molecule has 0 saturated heterocycles. The van der Waals surface area contributed by atoms with Crippen molar-refractivity contribution in [3.05, 3.63) is 40.0 Å². The summed E-state index contributed by atoms with van der Waals surface area (Å²) in [6, 6.07) is 4.24. The molecule has 3 heteroatoms. The zero-order chi connectivity index (χ0) is 16.8. The first-order valence-corrected chi connectivity index (χ1v) is 8.36. The lowest BCUT2D eigenvalue weighted by Crippen LogP contribution is -2.24. The highest BCUT2D eigenvalue weighted by molar-refractivity contribution is 6.35. The molecule has 3 nitrogen and oxygen atoms in total. The maximum Gasteiger partial charge on any atom is 0.225 e. The number of benzene rings is 1. The Morgan fingerprint density at radius 2 is 2.09 bits per heavy atom. The molecular formula is C20H24O3. The van der Waals surface area contributed by atoms with E-state index >= 15 is 0 Å². The van der Waals surface area contributed by atoms with E-state index in [1.807, 2.05) is 6.92 Å². The summed E-state index contributed by atoms with van der Waals surface area (Å²) < 4.78 is 5.81. The van der Waals surface area contributed by atoms with Crippen molar-refractivity contribution in [2.45, 2.75) is 52.4 Å². The molecule has 23 heavy (non-hydrogen) atoms. The molecule has 0 amide bonds. The Balaban J connectivity index is 2.17. The standard InChI is InChI=1S/C20H24O3/c1-12-11-23-19(18(12)17(22)10-21)15-7-8-16-14(13(15)2)6-5-9-20(16,3)4/h7-8,10,12H,5-6,9,11H2,1-4H3/t12-/m0/s1. The van der Waals surface area contributed by atoms with Gasteiger partial charge in [-0.1, -0.05) is 32.9 Å². The van der Waals surface area contributed by atoms with Crippen molar-refractivity contribution in [2.24, 2.45) is 5.92 Å². The van der Waals surface area contributed by atoms with Gasteiger partial charge < -0.3 is 4.74 Å². The van der Waals surface area contributed by atoms with Gasteiger partial charge in [0.1, 0.15) is 5.76 Å². The highest BCUT2D eigenvalue weighted by Crippen LogP contribution is 2.42. The molecule has 1 heterocycles. The molecular weight excluding hydrogens is 288 g/mol. The van der Waals surface area contributed by atoms with Crippen LogP contribution in [0.25, 0.3) is 5.76 Å². The highest BCUT2D eigenvalue weighted by atomic mass is 16.5. The average molecular weight is 312 g/mol. The predicted octanol–water partition coefficient (Wildman–Crippen LogP) is 3.75. The smallest absolute Gasteiger partial charge is 0.225 e. The second-order valence-electron chi connectivity index (χ2n) is 7.44. The number of fused-ring (bicyclic) bond motifs is 1. The van der Waals surface area contributed by atoms with Gasteiger partial charge in [0.25, 0.3) is 0 Å². The van der Waals surface area contributed by atoms with Gasteiger partial charge in [0.2, 0.25) is 5.78 Å². The molecule has 2 aliphatic rings. The zero-order valence-corrected chi connectivity index (χ0v) is 14.4. The van der Waals surface area contributed by atoms with Crippen molar-refractivity contribution in [2.75, 3.05) is 6.61 Å². The van der Waals surface area contributed by atoms with E-state index in [1.165, 1.54) is 29.5 Å². The van der Waals surface area contributed by atoms with Gasteiger partial charge in [-0.15, -0.1) is 0 Å². The molecule has 0 fully saturated rings. The van der Waals surface area contributed by atoms with E-state index in [4.69, 9.17) is 4.74 Å². The molecule has 1 aromatic rings. The van der Waals surface area contributed by atoms with Gasteiger partial charge in [-0.2, -0.15) is 0 Å². The number of ketones is 1. The normalized spacial score (nSPS) is 22.5. The van der Waals surface area contributed by atoms with E-state index < -0.39 is 5.78 Å². The van der Waals surface area contributed by atoms with Gasteiger partial charge in [-0.25, -0.2) is 0 Å². The third kappa shape index (κ3) is 2.52. The summed E-state index contributed by atoms with van der Waals surface area (Å²) in [6.07, 6.45) is 3.85. The molecule has 0 aromatic heterocycles. The average Bonchev–Trinajstić information content (AvgIpc) is 2.89. The first-order chi connectivity index (χ1) is 10.9. The Hall–Kier alpha value is -1.90. The van der Waals surface area contributed by atoms with Crippen LogP contribution in [-0.2, 0) is 26.2 Å². The minimum atomic E-state index is -0.456. The first-order valence-electron chi connectivity index (χ1n) is 8.36. The van der Waals surface area contributed by atoms with Crippen LogP contribution in [-0.4, -0.2) is 18.7 Å². The van der Waals surface area contributed by atoms with Gasteiger partial charge in [0.05, 0.1) is 12.2 Å². The van der Waals surface area contributed by atoms with Crippen LogP contribution in [0, 0.1) is 12.8 Å². The van der Waals surface area contributed by atoms with Crippen molar-refractivity contribution >= 4 is 17.8 Å². The number of aldehydes is 1. The molecule has 1 atom stereocenters. The minimum absolute atomic E-state index is 0.0328. The summed E-state index contributed by atoms with van der Waals surface area (Å²) in [5.74, 6) is 0.121. The lowest BCUT2D eigenvalue weighted by Gasteiger charge is -2.34. The SMILES string of the molecule is Cc1c(C2=C(C(=O)C=O)[C@@H](C)CO2)ccc2c1CCCC2(C)C. The first kappa shape index (κ1) is 16.0. The van der Waals surface area contributed by atoms with Crippen LogP contribution in [0.5, 0.6) is 0 Å². The van der Waals surface area contributed by atoms with Crippen LogP contribution in [0.4, 0.5) is 0 Å². The van der Waals surface area contributed by atoms with Gasteiger partial charge in [-0.05, 0) is 48.3 Å². The summed E-state index contributed by atoms with van der Waals surface area (Å²) in [7, 11) is 0. The Kier molecular flexibility index (Phi) is 3.91. The van der Waals surface area contributed by atoms with Crippen LogP contribution >= 0.6 is 0 Å². The minimum Gasteiger partial charge on any atom is -0.492 e. The molecule has 0 unspecified atom stereocenters. The number of rotatable bonds is 3. The van der Waals surface area contributed by atoms with Crippen molar-refractivity contribution in [1.29, 1.82) is 0 Å². The van der Waals surface area contributed by atoms with Crippen molar-refractivity contribution < 1.29 is 14.3 Å². The fourth-order valence-electron chi connectivity index (χ4n) is 4.04. The maximum atomic E-state index is 12.0. The molecule has 0 saturated carbocycles. The number of carbonyl (C=O) groups excluding carboxylic acids is 2. The molecule has 122 valence electrons. The van der Waals surface area contributed by atoms with Gasteiger partial charge in [0.15, 0.2) is 6.29 Å². The third-order valence-corrected chi connectivity index (χ3v) is 5.39. The van der Waals surface area contributed by atoms with Crippen LogP contribution < -0.4 is 0 Å². The summed E-state index contributed by atoms with van der Waals surface area (Å²) in [6.45, 7) is 9.09. The maximum absolute atomic E-state index is 12.0. The van der Waals surface area contributed by atoms with Crippen molar-refractivity contribution in [3.63, 3.8) is 0 Å². The Bertz CT molecular complexity index is 710.